The van der Waals surface area contributed by atoms with Gasteiger partial charge in [-0.15, -0.1) is 0 Å². The Hall–Kier alpha value is -2.80. The SMILES string of the molecule is CCNc1ccc2c(c1)OC(C)(C)N=C2c1ccc(C#N)cc1. The number of fused-ring (bicyclic) bond motifs is 1. The van der Waals surface area contributed by atoms with Gasteiger partial charge in [0.25, 0.3) is 0 Å². The topological polar surface area (TPSA) is 57.4 Å². The Labute approximate surface area is 136 Å². The average molecular weight is 305 g/mol. The number of benzene rings is 2. The Morgan fingerprint density at radius 2 is 1.91 bits per heavy atom. The predicted octanol–water partition coefficient (Wildman–Crippen LogP) is 3.96. The molecule has 0 atom stereocenters. The minimum atomic E-state index is -0.624. The normalized spacial score (nSPS) is 15.0. The van der Waals surface area contributed by atoms with Crippen LogP contribution in [0.2, 0.25) is 0 Å². The average Bonchev–Trinajstić information content (AvgIpc) is 2.53. The van der Waals surface area contributed by atoms with E-state index in [2.05, 4.69) is 18.3 Å². The van der Waals surface area contributed by atoms with Gasteiger partial charge in [-0.05, 0) is 45.0 Å². The summed E-state index contributed by atoms with van der Waals surface area (Å²) in [6, 6.07) is 15.7. The molecule has 2 aromatic rings. The van der Waals surface area contributed by atoms with Crippen molar-refractivity contribution in [2.24, 2.45) is 4.99 Å². The third kappa shape index (κ3) is 3.04. The van der Waals surface area contributed by atoms with Crippen LogP contribution in [0.1, 0.15) is 37.5 Å². The molecule has 4 nitrogen and oxygen atoms in total. The van der Waals surface area contributed by atoms with E-state index in [1.54, 1.807) is 0 Å². The fourth-order valence-electron chi connectivity index (χ4n) is 2.66. The Kier molecular flexibility index (Phi) is 3.79. The third-order valence-electron chi connectivity index (χ3n) is 3.65. The highest BCUT2D eigenvalue weighted by Gasteiger charge is 2.28. The van der Waals surface area contributed by atoms with E-state index in [1.165, 1.54) is 0 Å². The molecule has 3 rings (SSSR count). The molecule has 0 bridgehead atoms. The molecule has 0 radical (unpaired) electrons. The summed E-state index contributed by atoms with van der Waals surface area (Å²) < 4.78 is 6.02. The molecule has 0 saturated heterocycles. The highest BCUT2D eigenvalue weighted by molar-refractivity contribution is 6.15. The number of ether oxygens (including phenoxy) is 1. The molecule has 0 fully saturated rings. The minimum absolute atomic E-state index is 0.624. The molecule has 116 valence electrons. The van der Waals surface area contributed by atoms with E-state index < -0.39 is 5.72 Å². The van der Waals surface area contributed by atoms with Crippen molar-refractivity contribution in [3.05, 3.63) is 59.2 Å². The lowest BCUT2D eigenvalue weighted by Gasteiger charge is -2.30. The van der Waals surface area contributed by atoms with Crippen LogP contribution < -0.4 is 10.1 Å². The minimum Gasteiger partial charge on any atom is -0.466 e. The second-order valence-electron chi connectivity index (χ2n) is 5.94. The molecule has 4 heteroatoms. The van der Waals surface area contributed by atoms with Gasteiger partial charge in [-0.25, -0.2) is 4.99 Å². The first-order valence-electron chi connectivity index (χ1n) is 7.70. The lowest BCUT2D eigenvalue weighted by molar-refractivity contribution is 0.115. The van der Waals surface area contributed by atoms with E-state index in [-0.39, 0.29) is 0 Å². The molecule has 1 heterocycles. The Morgan fingerprint density at radius 3 is 2.57 bits per heavy atom. The summed E-state index contributed by atoms with van der Waals surface area (Å²) in [5.41, 5.74) is 3.89. The van der Waals surface area contributed by atoms with Crippen molar-refractivity contribution in [2.75, 3.05) is 11.9 Å². The number of anilines is 1. The van der Waals surface area contributed by atoms with Gasteiger partial charge in [-0.3, -0.25) is 0 Å². The molecule has 0 amide bonds. The Bertz CT molecular complexity index is 798. The number of rotatable bonds is 3. The second-order valence-corrected chi connectivity index (χ2v) is 5.94. The lowest BCUT2D eigenvalue weighted by atomic mass is 9.98. The van der Waals surface area contributed by atoms with Gasteiger partial charge in [-0.1, -0.05) is 12.1 Å². The van der Waals surface area contributed by atoms with Crippen LogP contribution in [0.5, 0.6) is 5.75 Å². The van der Waals surface area contributed by atoms with Crippen LogP contribution in [0.15, 0.2) is 47.5 Å². The Balaban J connectivity index is 2.09. The van der Waals surface area contributed by atoms with E-state index in [0.717, 1.165) is 34.8 Å². The molecule has 1 N–H and O–H groups in total. The molecule has 0 unspecified atom stereocenters. The van der Waals surface area contributed by atoms with Crippen molar-refractivity contribution in [3.8, 4) is 11.8 Å². The Morgan fingerprint density at radius 1 is 1.17 bits per heavy atom. The molecule has 1 aliphatic heterocycles. The van der Waals surface area contributed by atoms with Crippen LogP contribution in [-0.4, -0.2) is 18.0 Å². The molecule has 0 spiro atoms. The van der Waals surface area contributed by atoms with Crippen molar-refractivity contribution in [2.45, 2.75) is 26.5 Å². The molecule has 0 aliphatic carbocycles. The van der Waals surface area contributed by atoms with Gasteiger partial charge in [0.2, 0.25) is 0 Å². The van der Waals surface area contributed by atoms with Gasteiger partial charge >= 0.3 is 0 Å². The molecule has 0 aromatic heterocycles. The molecule has 23 heavy (non-hydrogen) atoms. The summed E-state index contributed by atoms with van der Waals surface area (Å²) in [5.74, 6) is 0.822. The quantitative estimate of drug-likeness (QED) is 0.934. The smallest absolute Gasteiger partial charge is 0.195 e. The highest BCUT2D eigenvalue weighted by atomic mass is 16.5. The maximum atomic E-state index is 8.95. The van der Waals surface area contributed by atoms with Gasteiger partial charge < -0.3 is 10.1 Å². The van der Waals surface area contributed by atoms with Gasteiger partial charge in [0, 0.05) is 29.4 Å². The number of aliphatic imine (C=N–C) groups is 1. The summed E-state index contributed by atoms with van der Waals surface area (Å²) >= 11 is 0. The van der Waals surface area contributed by atoms with Gasteiger partial charge in [0.15, 0.2) is 5.72 Å². The summed E-state index contributed by atoms with van der Waals surface area (Å²) in [6.45, 7) is 6.81. The summed E-state index contributed by atoms with van der Waals surface area (Å²) in [7, 11) is 0. The molecule has 1 aliphatic rings. The zero-order valence-electron chi connectivity index (χ0n) is 13.6. The summed E-state index contributed by atoms with van der Waals surface area (Å²) in [6.07, 6.45) is 0. The lowest BCUT2D eigenvalue weighted by Crippen LogP contribution is -2.32. The fraction of sp³-hybridized carbons (Fsp3) is 0.263. The van der Waals surface area contributed by atoms with Crippen LogP contribution in [0.3, 0.4) is 0 Å². The summed E-state index contributed by atoms with van der Waals surface area (Å²) in [4.78, 5) is 4.75. The first-order valence-corrected chi connectivity index (χ1v) is 7.70. The fourth-order valence-corrected chi connectivity index (χ4v) is 2.66. The molecule has 2 aromatic carbocycles. The van der Waals surface area contributed by atoms with Crippen LogP contribution in [-0.2, 0) is 0 Å². The zero-order valence-corrected chi connectivity index (χ0v) is 13.6. The van der Waals surface area contributed by atoms with Crippen LogP contribution in [0.25, 0.3) is 0 Å². The van der Waals surface area contributed by atoms with Gasteiger partial charge in [-0.2, -0.15) is 5.26 Å². The number of hydrogen-bond acceptors (Lipinski definition) is 4. The standard InChI is InChI=1S/C19H19N3O/c1-4-21-15-9-10-16-17(11-15)23-19(2,3)22-18(16)14-7-5-13(12-20)6-8-14/h5-11,21H,4H2,1-3H3. The maximum absolute atomic E-state index is 8.95. The van der Waals surface area contributed by atoms with Crippen LogP contribution >= 0.6 is 0 Å². The van der Waals surface area contributed by atoms with Gasteiger partial charge in [0.1, 0.15) is 5.75 Å². The highest BCUT2D eigenvalue weighted by Crippen LogP contribution is 2.34. The van der Waals surface area contributed by atoms with E-state index in [1.807, 2.05) is 56.3 Å². The van der Waals surface area contributed by atoms with Crippen molar-refractivity contribution in [1.82, 2.24) is 0 Å². The van der Waals surface area contributed by atoms with Crippen molar-refractivity contribution >= 4 is 11.4 Å². The van der Waals surface area contributed by atoms with E-state index in [4.69, 9.17) is 15.0 Å². The van der Waals surface area contributed by atoms with Crippen molar-refractivity contribution < 1.29 is 4.74 Å². The van der Waals surface area contributed by atoms with Crippen LogP contribution in [0.4, 0.5) is 5.69 Å². The first-order chi connectivity index (χ1) is 11.0. The van der Waals surface area contributed by atoms with E-state index >= 15 is 0 Å². The molecule has 0 saturated carbocycles. The molecular weight excluding hydrogens is 286 g/mol. The monoisotopic (exact) mass is 305 g/mol. The van der Waals surface area contributed by atoms with E-state index in [0.29, 0.717) is 5.56 Å². The number of nitrogens with one attached hydrogen (secondary N) is 1. The zero-order chi connectivity index (χ0) is 16.4. The molecular formula is C19H19N3O. The number of nitrogens with zero attached hydrogens (tertiary/aromatic N) is 2. The van der Waals surface area contributed by atoms with Crippen molar-refractivity contribution in [3.63, 3.8) is 0 Å². The predicted molar refractivity (Wildman–Crippen MR) is 92.1 cm³/mol. The largest absolute Gasteiger partial charge is 0.466 e. The van der Waals surface area contributed by atoms with Crippen molar-refractivity contribution in [1.29, 1.82) is 5.26 Å². The van der Waals surface area contributed by atoms with Crippen LogP contribution in [0, 0.1) is 11.3 Å². The second kappa shape index (κ2) is 5.77. The first kappa shape index (κ1) is 15.1. The third-order valence-corrected chi connectivity index (χ3v) is 3.65. The van der Waals surface area contributed by atoms with E-state index in [9.17, 15) is 0 Å². The number of nitriles is 1. The van der Waals surface area contributed by atoms with Gasteiger partial charge in [0.05, 0.1) is 17.3 Å². The number of hydrogen-bond donors (Lipinski definition) is 1. The summed E-state index contributed by atoms with van der Waals surface area (Å²) in [5, 5.41) is 12.3. The maximum Gasteiger partial charge on any atom is 0.195 e.